The lowest BCUT2D eigenvalue weighted by Crippen LogP contribution is -2.31. The first-order chi connectivity index (χ1) is 6.50. The third-order valence-corrected chi connectivity index (χ3v) is 2.06. The number of amides is 1. The first-order valence-electron chi connectivity index (χ1n) is 4.78. The van der Waals surface area contributed by atoms with Gasteiger partial charge in [0.25, 0.3) is 0 Å². The minimum atomic E-state index is -0.846. The zero-order chi connectivity index (χ0) is 10.7. The number of aliphatic hydroxyl groups excluding tert-OH is 2. The number of ether oxygens (including phenoxy) is 1. The van der Waals surface area contributed by atoms with Crippen LogP contribution in [0.25, 0.3) is 0 Å². The fourth-order valence-corrected chi connectivity index (χ4v) is 1.25. The molecule has 1 rings (SSSR count). The van der Waals surface area contributed by atoms with Crippen molar-refractivity contribution in [2.45, 2.75) is 26.1 Å². The highest BCUT2D eigenvalue weighted by Crippen LogP contribution is 2.11. The molecule has 0 aliphatic carbocycles. The van der Waals surface area contributed by atoms with Gasteiger partial charge in [-0.05, 0) is 5.92 Å². The van der Waals surface area contributed by atoms with Crippen LogP contribution in [0.2, 0.25) is 0 Å². The lowest BCUT2D eigenvalue weighted by Gasteiger charge is -2.16. The van der Waals surface area contributed by atoms with Gasteiger partial charge in [0.15, 0.2) is 0 Å². The normalized spacial score (nSPS) is 27.1. The molecule has 5 heteroatoms. The number of carbonyl (C=O) groups excluding carboxylic acids is 1. The van der Waals surface area contributed by atoms with Crippen molar-refractivity contribution < 1.29 is 19.7 Å². The second-order valence-corrected chi connectivity index (χ2v) is 4.01. The van der Waals surface area contributed by atoms with E-state index in [0.717, 1.165) is 0 Å². The molecule has 0 aromatic rings. The number of hydrogen-bond acceptors (Lipinski definition) is 4. The smallest absolute Gasteiger partial charge is 0.409 e. The summed E-state index contributed by atoms with van der Waals surface area (Å²) in [6.45, 7) is 4.56. The number of hydrogen-bond donors (Lipinski definition) is 2. The fourth-order valence-electron chi connectivity index (χ4n) is 1.25. The summed E-state index contributed by atoms with van der Waals surface area (Å²) >= 11 is 0. The average molecular weight is 203 g/mol. The Hall–Kier alpha value is -0.810. The van der Waals surface area contributed by atoms with Crippen LogP contribution in [-0.4, -0.2) is 53.1 Å². The van der Waals surface area contributed by atoms with Crippen molar-refractivity contribution in [1.29, 1.82) is 0 Å². The molecule has 1 saturated heterocycles. The second kappa shape index (κ2) is 4.61. The Morgan fingerprint density at radius 1 is 1.43 bits per heavy atom. The Balaban J connectivity index is 2.32. The lowest BCUT2D eigenvalue weighted by molar-refractivity contribution is 0.0572. The molecule has 0 spiro atoms. The van der Waals surface area contributed by atoms with E-state index in [1.807, 2.05) is 13.8 Å². The molecule has 0 aromatic heterocycles. The van der Waals surface area contributed by atoms with E-state index in [0.29, 0.717) is 6.61 Å². The topological polar surface area (TPSA) is 70.0 Å². The number of likely N-dealkylation sites (tertiary alicyclic amines) is 1. The van der Waals surface area contributed by atoms with E-state index in [9.17, 15) is 15.0 Å². The zero-order valence-electron chi connectivity index (χ0n) is 8.51. The first-order valence-corrected chi connectivity index (χ1v) is 4.78. The van der Waals surface area contributed by atoms with E-state index in [-0.39, 0.29) is 19.0 Å². The Kier molecular flexibility index (Phi) is 3.71. The average Bonchev–Trinajstić information content (AvgIpc) is 2.43. The molecule has 2 unspecified atom stereocenters. The summed E-state index contributed by atoms with van der Waals surface area (Å²) < 4.78 is 4.95. The van der Waals surface area contributed by atoms with Gasteiger partial charge in [0.2, 0.25) is 0 Å². The summed E-state index contributed by atoms with van der Waals surface area (Å²) in [4.78, 5) is 12.6. The molecule has 5 nitrogen and oxygen atoms in total. The van der Waals surface area contributed by atoms with Crippen molar-refractivity contribution in [3.63, 3.8) is 0 Å². The van der Waals surface area contributed by atoms with Crippen LogP contribution in [0.1, 0.15) is 13.8 Å². The molecule has 0 radical (unpaired) electrons. The van der Waals surface area contributed by atoms with E-state index in [4.69, 9.17) is 4.74 Å². The number of rotatable bonds is 2. The van der Waals surface area contributed by atoms with Gasteiger partial charge < -0.3 is 19.8 Å². The third-order valence-electron chi connectivity index (χ3n) is 2.06. The fraction of sp³-hybridized carbons (Fsp3) is 0.889. The summed E-state index contributed by atoms with van der Waals surface area (Å²) in [6, 6.07) is 0. The van der Waals surface area contributed by atoms with Gasteiger partial charge in [0, 0.05) is 0 Å². The molecule has 1 aliphatic rings. The SMILES string of the molecule is CC(C)COC(=O)N1CC(O)C(O)C1. The Morgan fingerprint density at radius 3 is 2.36 bits per heavy atom. The highest BCUT2D eigenvalue weighted by molar-refractivity contribution is 5.68. The molecule has 1 aliphatic heterocycles. The van der Waals surface area contributed by atoms with Crippen LogP contribution in [0, 0.1) is 5.92 Å². The molecule has 14 heavy (non-hydrogen) atoms. The number of aliphatic hydroxyl groups is 2. The van der Waals surface area contributed by atoms with Gasteiger partial charge in [-0.15, -0.1) is 0 Å². The van der Waals surface area contributed by atoms with Crippen LogP contribution in [0.5, 0.6) is 0 Å². The summed E-state index contributed by atoms with van der Waals surface area (Å²) in [5, 5.41) is 18.4. The van der Waals surface area contributed by atoms with E-state index < -0.39 is 18.3 Å². The predicted molar refractivity (Wildman–Crippen MR) is 49.8 cm³/mol. The summed E-state index contributed by atoms with van der Waals surface area (Å²) in [7, 11) is 0. The Bertz CT molecular complexity index is 197. The van der Waals surface area contributed by atoms with Crippen LogP contribution in [0.4, 0.5) is 4.79 Å². The second-order valence-electron chi connectivity index (χ2n) is 4.01. The summed E-state index contributed by atoms with van der Waals surface area (Å²) in [5.74, 6) is 0.288. The summed E-state index contributed by atoms with van der Waals surface area (Å²) in [6.07, 6.45) is -2.16. The molecule has 2 atom stereocenters. The summed E-state index contributed by atoms with van der Waals surface area (Å²) in [5.41, 5.74) is 0. The molecule has 1 fully saturated rings. The van der Waals surface area contributed by atoms with Crippen LogP contribution in [0.3, 0.4) is 0 Å². The lowest BCUT2D eigenvalue weighted by atomic mass is 10.2. The van der Waals surface area contributed by atoms with E-state index >= 15 is 0 Å². The molecule has 1 amide bonds. The Labute approximate surface area is 83.3 Å². The van der Waals surface area contributed by atoms with E-state index in [1.165, 1.54) is 4.90 Å². The van der Waals surface area contributed by atoms with Gasteiger partial charge in [-0.25, -0.2) is 4.79 Å². The van der Waals surface area contributed by atoms with Crippen LogP contribution in [0.15, 0.2) is 0 Å². The zero-order valence-corrected chi connectivity index (χ0v) is 8.51. The van der Waals surface area contributed by atoms with Crippen molar-refractivity contribution in [2.75, 3.05) is 19.7 Å². The monoisotopic (exact) mass is 203 g/mol. The number of β-amino-alcohol motifs (C(OH)–C–C–N with tert-alkyl or cyclic N) is 2. The van der Waals surface area contributed by atoms with Gasteiger partial charge in [0.05, 0.1) is 31.9 Å². The maximum Gasteiger partial charge on any atom is 0.409 e. The van der Waals surface area contributed by atoms with Gasteiger partial charge in [0.1, 0.15) is 0 Å². The third kappa shape index (κ3) is 2.85. The number of carbonyl (C=O) groups is 1. The van der Waals surface area contributed by atoms with Crippen molar-refractivity contribution in [3.05, 3.63) is 0 Å². The van der Waals surface area contributed by atoms with E-state index in [1.54, 1.807) is 0 Å². The minimum absolute atomic E-state index is 0.151. The van der Waals surface area contributed by atoms with Crippen LogP contribution < -0.4 is 0 Å². The van der Waals surface area contributed by atoms with E-state index in [2.05, 4.69) is 0 Å². The maximum absolute atomic E-state index is 11.3. The largest absolute Gasteiger partial charge is 0.449 e. The molecule has 0 aromatic carbocycles. The minimum Gasteiger partial charge on any atom is -0.449 e. The van der Waals surface area contributed by atoms with Crippen molar-refractivity contribution >= 4 is 6.09 Å². The van der Waals surface area contributed by atoms with Gasteiger partial charge in [-0.3, -0.25) is 0 Å². The maximum atomic E-state index is 11.3. The highest BCUT2D eigenvalue weighted by atomic mass is 16.6. The predicted octanol–water partition coefficient (Wildman–Crippen LogP) is -0.184. The quantitative estimate of drug-likeness (QED) is 0.653. The standard InChI is InChI=1S/C9H17NO4/c1-6(2)5-14-9(13)10-3-7(11)8(12)4-10/h6-8,11-12H,3-5H2,1-2H3. The molecular formula is C9H17NO4. The van der Waals surface area contributed by atoms with Crippen molar-refractivity contribution in [3.8, 4) is 0 Å². The molecule has 0 saturated carbocycles. The van der Waals surface area contributed by atoms with Gasteiger partial charge in [-0.1, -0.05) is 13.8 Å². The highest BCUT2D eigenvalue weighted by Gasteiger charge is 2.33. The van der Waals surface area contributed by atoms with Crippen LogP contribution >= 0.6 is 0 Å². The Morgan fingerprint density at radius 2 is 1.93 bits per heavy atom. The van der Waals surface area contributed by atoms with Gasteiger partial charge in [-0.2, -0.15) is 0 Å². The molecule has 0 bridgehead atoms. The van der Waals surface area contributed by atoms with Crippen LogP contribution in [-0.2, 0) is 4.74 Å². The molecule has 1 heterocycles. The van der Waals surface area contributed by atoms with Gasteiger partial charge >= 0.3 is 6.09 Å². The molecule has 2 N–H and O–H groups in total. The van der Waals surface area contributed by atoms with Crippen molar-refractivity contribution in [2.24, 2.45) is 5.92 Å². The first kappa shape index (κ1) is 11.3. The van der Waals surface area contributed by atoms with Crippen molar-refractivity contribution in [1.82, 2.24) is 4.90 Å². The molecule has 82 valence electrons. The number of nitrogens with zero attached hydrogens (tertiary/aromatic N) is 1. The molecular weight excluding hydrogens is 186 g/mol.